The monoisotopic (exact) mass is 489 g/mol. The van der Waals surface area contributed by atoms with Crippen LogP contribution in [0.5, 0.6) is 0 Å². The second kappa shape index (κ2) is 11.3. The Kier molecular flexibility index (Phi) is 10.1. The molecular formula is C23H44N3O2PS2. The lowest BCUT2D eigenvalue weighted by atomic mass is 9.73. The molecule has 1 spiro atoms. The Morgan fingerprint density at radius 2 is 1.81 bits per heavy atom. The first-order chi connectivity index (χ1) is 14.3. The van der Waals surface area contributed by atoms with Gasteiger partial charge in [-0.05, 0) is 72.6 Å². The van der Waals surface area contributed by atoms with Crippen molar-refractivity contribution in [1.29, 1.82) is 5.26 Å². The van der Waals surface area contributed by atoms with E-state index in [9.17, 15) is 0 Å². The zero-order valence-electron chi connectivity index (χ0n) is 20.8. The van der Waals surface area contributed by atoms with Crippen LogP contribution in [-0.4, -0.2) is 45.0 Å². The van der Waals surface area contributed by atoms with E-state index < -0.39 is 8.53 Å². The van der Waals surface area contributed by atoms with Crippen molar-refractivity contribution in [3.8, 4) is 6.07 Å². The molecule has 1 saturated heterocycles. The average molecular weight is 490 g/mol. The summed E-state index contributed by atoms with van der Waals surface area (Å²) in [4.78, 5) is 0. The molecule has 1 saturated carbocycles. The highest BCUT2D eigenvalue weighted by Gasteiger charge is 2.56. The summed E-state index contributed by atoms with van der Waals surface area (Å²) in [6.45, 7) is 18.2. The largest absolute Gasteiger partial charge is 0.326 e. The summed E-state index contributed by atoms with van der Waals surface area (Å²) in [5.74, 6) is 0. The molecule has 5 nitrogen and oxygen atoms in total. The topological polar surface area (TPSA) is 71.5 Å². The molecule has 1 heterocycles. The van der Waals surface area contributed by atoms with Crippen LogP contribution < -0.4 is 5.73 Å². The van der Waals surface area contributed by atoms with Crippen LogP contribution in [0.15, 0.2) is 0 Å². The van der Waals surface area contributed by atoms with Crippen LogP contribution >= 0.6 is 30.1 Å². The molecule has 0 aromatic heterocycles. The van der Waals surface area contributed by atoms with Gasteiger partial charge in [0.2, 0.25) is 0 Å². The maximum atomic E-state index is 9.02. The molecule has 31 heavy (non-hydrogen) atoms. The predicted octanol–water partition coefficient (Wildman–Crippen LogP) is 6.88. The summed E-state index contributed by atoms with van der Waals surface area (Å²) in [7, 11) is 2.85. The van der Waals surface area contributed by atoms with Crippen molar-refractivity contribution in [1.82, 2.24) is 4.67 Å². The number of nitrogens with zero attached hydrogens (tertiary/aromatic N) is 2. The highest BCUT2D eigenvalue weighted by molar-refractivity contribution is 8.78. The lowest BCUT2D eigenvalue weighted by Gasteiger charge is -2.46. The van der Waals surface area contributed by atoms with Gasteiger partial charge >= 0.3 is 0 Å². The summed E-state index contributed by atoms with van der Waals surface area (Å²) >= 11 is 0. The maximum Gasteiger partial charge on any atom is 0.259 e. The Morgan fingerprint density at radius 3 is 2.26 bits per heavy atom. The van der Waals surface area contributed by atoms with Crippen molar-refractivity contribution in [3.05, 3.63) is 0 Å². The zero-order chi connectivity index (χ0) is 23.4. The van der Waals surface area contributed by atoms with Gasteiger partial charge in [-0.2, -0.15) is 5.26 Å². The first-order valence-electron chi connectivity index (χ1n) is 11.7. The standard InChI is InChI=1S/C23H44N3O2PS2/c1-17(2)26(18(3)4)29(27-14-10-13-24)28-20-19(30-31-23(20)11-9-12-23)15-21(5,6)16-22(7,8)25/h17-20H,9-12,14-16,25H2,1-8H3. The summed E-state index contributed by atoms with van der Waals surface area (Å²) < 4.78 is 15.8. The summed E-state index contributed by atoms with van der Waals surface area (Å²) in [5.41, 5.74) is 6.35. The number of hydrogen-bond acceptors (Lipinski definition) is 7. The van der Waals surface area contributed by atoms with E-state index in [1.54, 1.807) is 0 Å². The van der Waals surface area contributed by atoms with Gasteiger partial charge in [-0.25, -0.2) is 4.67 Å². The Hall–Kier alpha value is 0.460. The van der Waals surface area contributed by atoms with Crippen LogP contribution in [0.4, 0.5) is 0 Å². The van der Waals surface area contributed by atoms with Gasteiger partial charge in [0.1, 0.15) is 0 Å². The Morgan fingerprint density at radius 1 is 1.19 bits per heavy atom. The van der Waals surface area contributed by atoms with Gasteiger partial charge in [0.15, 0.2) is 0 Å². The molecule has 2 N–H and O–H groups in total. The summed E-state index contributed by atoms with van der Waals surface area (Å²) in [6, 6.07) is 2.84. The molecule has 2 rings (SSSR count). The van der Waals surface area contributed by atoms with Crippen LogP contribution in [-0.2, 0) is 9.05 Å². The summed E-state index contributed by atoms with van der Waals surface area (Å²) in [5, 5.41) is 9.44. The Balaban J connectivity index is 2.23. The number of nitriles is 1. The van der Waals surface area contributed by atoms with E-state index in [4.69, 9.17) is 20.0 Å². The minimum absolute atomic E-state index is 0.146. The second-order valence-electron chi connectivity index (χ2n) is 11.2. The third kappa shape index (κ3) is 7.74. The molecule has 1 aliphatic heterocycles. The molecule has 2 fully saturated rings. The van der Waals surface area contributed by atoms with Crippen LogP contribution in [0.25, 0.3) is 0 Å². The molecule has 1 aliphatic carbocycles. The van der Waals surface area contributed by atoms with E-state index in [2.05, 4.69) is 66.1 Å². The number of rotatable bonds is 12. The van der Waals surface area contributed by atoms with Crippen molar-refractivity contribution in [2.45, 2.75) is 128 Å². The average Bonchev–Trinajstić information content (AvgIpc) is 2.90. The quantitative estimate of drug-likeness (QED) is 0.182. The molecular weight excluding hydrogens is 445 g/mol. The Bertz CT molecular complexity index is 607. The van der Waals surface area contributed by atoms with Crippen molar-refractivity contribution in [2.24, 2.45) is 11.1 Å². The van der Waals surface area contributed by atoms with E-state index in [-0.39, 0.29) is 21.8 Å². The van der Waals surface area contributed by atoms with E-state index in [1.807, 2.05) is 21.6 Å². The van der Waals surface area contributed by atoms with Gasteiger partial charge in [0, 0.05) is 22.9 Å². The van der Waals surface area contributed by atoms with Crippen LogP contribution in [0, 0.1) is 16.7 Å². The minimum Gasteiger partial charge on any atom is -0.326 e. The van der Waals surface area contributed by atoms with Gasteiger partial charge in [0.25, 0.3) is 8.53 Å². The fourth-order valence-corrected chi connectivity index (χ4v) is 11.4. The lowest BCUT2D eigenvalue weighted by molar-refractivity contribution is 0.0693. The van der Waals surface area contributed by atoms with Gasteiger partial charge < -0.3 is 14.8 Å². The van der Waals surface area contributed by atoms with E-state index >= 15 is 0 Å². The highest BCUT2D eigenvalue weighted by Crippen LogP contribution is 2.66. The first kappa shape index (κ1) is 27.7. The molecule has 3 unspecified atom stereocenters. The van der Waals surface area contributed by atoms with Gasteiger partial charge in [-0.3, -0.25) is 0 Å². The van der Waals surface area contributed by atoms with Gasteiger partial charge in [-0.1, -0.05) is 41.9 Å². The van der Waals surface area contributed by atoms with Crippen molar-refractivity contribution >= 4 is 30.1 Å². The van der Waals surface area contributed by atoms with Crippen LogP contribution in [0.2, 0.25) is 0 Å². The van der Waals surface area contributed by atoms with E-state index in [0.717, 1.165) is 12.8 Å². The molecule has 0 bridgehead atoms. The predicted molar refractivity (Wildman–Crippen MR) is 137 cm³/mol. The van der Waals surface area contributed by atoms with Crippen molar-refractivity contribution < 1.29 is 9.05 Å². The minimum atomic E-state index is -1.22. The molecule has 8 heteroatoms. The van der Waals surface area contributed by atoms with Crippen molar-refractivity contribution in [3.63, 3.8) is 0 Å². The van der Waals surface area contributed by atoms with E-state index in [0.29, 0.717) is 30.4 Å². The zero-order valence-corrected chi connectivity index (χ0v) is 23.3. The third-order valence-corrected chi connectivity index (χ3v) is 11.8. The SMILES string of the molecule is CC(C)N(C(C)C)P(OCCC#N)OC1C(CC(C)(C)CC(C)(C)N)SSC12CCC2. The fraction of sp³-hybridized carbons (Fsp3) is 0.957. The van der Waals surface area contributed by atoms with Gasteiger partial charge in [0.05, 0.1) is 29.9 Å². The normalized spacial score (nSPS) is 24.7. The second-order valence-corrected chi connectivity index (χ2v) is 15.5. The molecule has 2 aliphatic rings. The molecule has 3 atom stereocenters. The maximum absolute atomic E-state index is 9.02. The fourth-order valence-electron chi connectivity index (χ4n) is 5.03. The molecule has 0 aromatic carbocycles. The first-order valence-corrected chi connectivity index (χ1v) is 15.0. The van der Waals surface area contributed by atoms with Crippen LogP contribution in [0.1, 0.15) is 93.9 Å². The van der Waals surface area contributed by atoms with Gasteiger partial charge in [-0.15, -0.1) is 0 Å². The molecule has 180 valence electrons. The lowest BCUT2D eigenvalue weighted by Crippen LogP contribution is -2.49. The molecule has 0 aromatic rings. The van der Waals surface area contributed by atoms with Crippen molar-refractivity contribution in [2.75, 3.05) is 6.61 Å². The highest BCUT2D eigenvalue weighted by atomic mass is 33.1. The Labute approximate surface area is 200 Å². The smallest absolute Gasteiger partial charge is 0.259 e. The van der Waals surface area contributed by atoms with E-state index in [1.165, 1.54) is 19.3 Å². The molecule has 0 amide bonds. The number of hydrogen-bond donors (Lipinski definition) is 1. The molecule has 0 radical (unpaired) electrons. The van der Waals surface area contributed by atoms with Crippen LogP contribution in [0.3, 0.4) is 0 Å². The number of nitrogens with two attached hydrogens (primary N) is 1. The summed E-state index contributed by atoms with van der Waals surface area (Å²) in [6.07, 6.45) is 6.36. The third-order valence-electron chi connectivity index (χ3n) is 5.95.